The third-order valence-electron chi connectivity index (χ3n) is 13.8. The van der Waals surface area contributed by atoms with E-state index >= 15 is 0 Å². The smallest absolute Gasteiger partial charge is 0.306 e. The largest absolute Gasteiger partial charge is 0.454 e. The molecule has 1 amide bonds. The molecule has 1 fully saturated rings. The van der Waals surface area contributed by atoms with Crippen molar-refractivity contribution in [1.29, 1.82) is 0 Å². The number of allylic oxidation sites excluding steroid dienone is 5. The quantitative estimate of drug-likeness (QED) is 0.0195. The van der Waals surface area contributed by atoms with Crippen LogP contribution in [0.4, 0.5) is 0 Å². The van der Waals surface area contributed by atoms with Crippen LogP contribution >= 0.6 is 0 Å². The number of rotatable bonds is 49. The SMILES string of the molecule is CCCCCCCC/C=C\C/C=C/CCC(=O)OC1C(OCC(NC(=O)C(O)CCCCCCCCCCCCCCCCCC)C(O)/C=C/CCCCCCCCCCCC)OC(CO)C(O)C1O. The van der Waals surface area contributed by atoms with Crippen LogP contribution in [0.1, 0.15) is 265 Å². The third-order valence-corrected chi connectivity index (χ3v) is 13.8. The molecule has 70 heavy (non-hydrogen) atoms. The highest BCUT2D eigenvalue weighted by molar-refractivity contribution is 5.80. The van der Waals surface area contributed by atoms with Gasteiger partial charge < -0.3 is 45.1 Å². The molecule has 0 aromatic carbocycles. The van der Waals surface area contributed by atoms with Crippen LogP contribution in [-0.2, 0) is 23.8 Å². The second-order valence-corrected chi connectivity index (χ2v) is 20.4. The van der Waals surface area contributed by atoms with E-state index in [1.165, 1.54) is 167 Å². The normalized spacial score (nSPS) is 19.9. The van der Waals surface area contributed by atoms with E-state index in [1.807, 2.05) is 18.2 Å². The number of amides is 1. The number of aliphatic hydroxyl groups is 5. The predicted molar refractivity (Wildman–Crippen MR) is 287 cm³/mol. The Labute approximate surface area is 428 Å². The molecule has 1 rings (SSSR count). The van der Waals surface area contributed by atoms with Gasteiger partial charge in [0, 0.05) is 6.42 Å². The number of hydrogen-bond donors (Lipinski definition) is 6. The van der Waals surface area contributed by atoms with Crippen LogP contribution in [-0.4, -0.2) is 99.6 Å². The van der Waals surface area contributed by atoms with Crippen molar-refractivity contribution in [2.75, 3.05) is 13.2 Å². The number of ether oxygens (including phenoxy) is 3. The van der Waals surface area contributed by atoms with Gasteiger partial charge in [0.05, 0.1) is 25.4 Å². The molecule has 0 saturated carbocycles. The van der Waals surface area contributed by atoms with Crippen molar-refractivity contribution >= 4 is 11.9 Å². The summed E-state index contributed by atoms with van der Waals surface area (Å²) in [6, 6.07) is -1.03. The van der Waals surface area contributed by atoms with Gasteiger partial charge in [-0.1, -0.05) is 250 Å². The van der Waals surface area contributed by atoms with Crippen LogP contribution in [0.3, 0.4) is 0 Å². The maximum atomic E-state index is 13.4. The van der Waals surface area contributed by atoms with Crippen molar-refractivity contribution in [1.82, 2.24) is 5.32 Å². The Morgan fingerprint density at radius 3 is 1.46 bits per heavy atom. The van der Waals surface area contributed by atoms with Gasteiger partial charge in [0.2, 0.25) is 5.91 Å². The van der Waals surface area contributed by atoms with Crippen molar-refractivity contribution in [3.63, 3.8) is 0 Å². The molecule has 1 heterocycles. The number of esters is 1. The average Bonchev–Trinajstić information content (AvgIpc) is 3.36. The highest BCUT2D eigenvalue weighted by atomic mass is 16.7. The molecule has 0 aromatic heterocycles. The van der Waals surface area contributed by atoms with Gasteiger partial charge in [0.25, 0.3) is 0 Å². The van der Waals surface area contributed by atoms with Crippen LogP contribution in [0, 0.1) is 0 Å². The summed E-state index contributed by atoms with van der Waals surface area (Å²) >= 11 is 0. The monoisotopic (exact) mass is 992 g/mol. The summed E-state index contributed by atoms with van der Waals surface area (Å²) < 4.78 is 17.5. The Hall–Kier alpha value is -2.12. The molecule has 0 aromatic rings. The Morgan fingerprint density at radius 2 is 0.986 bits per heavy atom. The molecule has 1 aliphatic heterocycles. The van der Waals surface area contributed by atoms with Crippen molar-refractivity contribution in [3.05, 3.63) is 36.5 Å². The molecule has 0 spiro atoms. The van der Waals surface area contributed by atoms with Gasteiger partial charge in [0.1, 0.15) is 24.4 Å². The molecule has 410 valence electrons. The zero-order valence-electron chi connectivity index (χ0n) is 45.1. The second-order valence-electron chi connectivity index (χ2n) is 20.4. The van der Waals surface area contributed by atoms with Crippen molar-refractivity contribution in [2.45, 2.75) is 314 Å². The Bertz CT molecular complexity index is 1280. The second kappa shape index (κ2) is 47.9. The van der Waals surface area contributed by atoms with E-state index < -0.39 is 67.4 Å². The number of unbranched alkanes of at least 4 members (excludes halogenated alkanes) is 31. The van der Waals surface area contributed by atoms with Gasteiger partial charge in [-0.05, 0) is 44.9 Å². The van der Waals surface area contributed by atoms with E-state index in [1.54, 1.807) is 6.08 Å². The highest BCUT2D eigenvalue weighted by Gasteiger charge is 2.47. The molecule has 0 radical (unpaired) electrons. The summed E-state index contributed by atoms with van der Waals surface area (Å²) in [6.07, 6.45) is 44.9. The average molecular weight is 993 g/mol. The first kappa shape index (κ1) is 65.9. The van der Waals surface area contributed by atoms with Gasteiger partial charge in [-0.25, -0.2) is 0 Å². The summed E-state index contributed by atoms with van der Waals surface area (Å²) in [5.74, 6) is -1.26. The first-order valence-corrected chi connectivity index (χ1v) is 29.3. The molecule has 0 bridgehead atoms. The highest BCUT2D eigenvalue weighted by Crippen LogP contribution is 2.26. The van der Waals surface area contributed by atoms with Gasteiger partial charge in [-0.2, -0.15) is 0 Å². The van der Waals surface area contributed by atoms with Crippen LogP contribution in [0.2, 0.25) is 0 Å². The number of nitrogens with one attached hydrogen (secondary N) is 1. The van der Waals surface area contributed by atoms with Crippen LogP contribution < -0.4 is 5.32 Å². The molecule has 8 atom stereocenters. The molecule has 1 aliphatic rings. The standard InChI is InChI=1S/C59H109NO10/c1-4-7-10-13-16-19-22-25-26-27-29-31-34-37-40-43-46-52(63)58(67)60-50(51(62)45-42-39-36-33-30-24-21-18-15-12-9-6-3)49-68-59-57(56(66)55(65)53(48-61)69-59)70-54(64)47-44-41-38-35-32-28-23-20-17-14-11-8-5-2/h28,32,38,41-42,45,50-53,55-57,59,61-63,65-66H,4-27,29-31,33-37,39-40,43-44,46-49H2,1-3H3,(H,60,67)/b32-28-,41-38+,45-42+. The summed E-state index contributed by atoms with van der Waals surface area (Å²) in [5, 5.41) is 56.8. The number of hydrogen-bond acceptors (Lipinski definition) is 10. The first-order valence-electron chi connectivity index (χ1n) is 29.3. The zero-order chi connectivity index (χ0) is 51.1. The summed E-state index contributed by atoms with van der Waals surface area (Å²) in [6.45, 7) is 5.75. The lowest BCUT2D eigenvalue weighted by Gasteiger charge is -2.41. The molecular formula is C59H109NO10. The van der Waals surface area contributed by atoms with E-state index in [-0.39, 0.29) is 13.0 Å². The van der Waals surface area contributed by atoms with Gasteiger partial charge in [-0.15, -0.1) is 0 Å². The predicted octanol–water partition coefficient (Wildman–Crippen LogP) is 13.1. The van der Waals surface area contributed by atoms with E-state index in [0.717, 1.165) is 51.4 Å². The first-order chi connectivity index (χ1) is 34.2. The van der Waals surface area contributed by atoms with Crippen LogP contribution in [0.15, 0.2) is 36.5 Å². The molecular weight excluding hydrogens is 883 g/mol. The van der Waals surface area contributed by atoms with Crippen molar-refractivity contribution < 1.29 is 49.3 Å². The van der Waals surface area contributed by atoms with E-state index in [9.17, 15) is 35.1 Å². The minimum absolute atomic E-state index is 0.0198. The van der Waals surface area contributed by atoms with Gasteiger partial charge in [0.15, 0.2) is 12.4 Å². The van der Waals surface area contributed by atoms with Crippen LogP contribution in [0.5, 0.6) is 0 Å². The van der Waals surface area contributed by atoms with Crippen molar-refractivity contribution in [3.8, 4) is 0 Å². The Morgan fingerprint density at radius 1 is 0.557 bits per heavy atom. The fourth-order valence-electron chi connectivity index (χ4n) is 9.12. The van der Waals surface area contributed by atoms with Crippen molar-refractivity contribution in [2.24, 2.45) is 0 Å². The minimum Gasteiger partial charge on any atom is -0.454 e. The molecule has 6 N–H and O–H groups in total. The fourth-order valence-corrected chi connectivity index (χ4v) is 9.12. The summed E-state index contributed by atoms with van der Waals surface area (Å²) in [4.78, 5) is 26.4. The lowest BCUT2D eigenvalue weighted by Crippen LogP contribution is -2.61. The van der Waals surface area contributed by atoms with Gasteiger partial charge in [-0.3, -0.25) is 9.59 Å². The number of carbonyl (C=O) groups is 2. The van der Waals surface area contributed by atoms with E-state index in [2.05, 4.69) is 38.2 Å². The summed E-state index contributed by atoms with van der Waals surface area (Å²) in [5.41, 5.74) is 0. The van der Waals surface area contributed by atoms with E-state index in [0.29, 0.717) is 19.3 Å². The topological polar surface area (TPSA) is 175 Å². The Kier molecular flexibility index (Phi) is 45.1. The molecule has 11 heteroatoms. The lowest BCUT2D eigenvalue weighted by atomic mass is 9.99. The molecule has 0 aliphatic carbocycles. The van der Waals surface area contributed by atoms with Gasteiger partial charge >= 0.3 is 5.97 Å². The minimum atomic E-state index is -1.63. The maximum absolute atomic E-state index is 13.4. The Balaban J connectivity index is 2.74. The third kappa shape index (κ3) is 35.9. The zero-order valence-corrected chi connectivity index (χ0v) is 45.1. The molecule has 1 saturated heterocycles. The lowest BCUT2D eigenvalue weighted by molar-refractivity contribution is -0.305. The molecule has 11 nitrogen and oxygen atoms in total. The van der Waals surface area contributed by atoms with E-state index in [4.69, 9.17) is 14.2 Å². The number of aliphatic hydroxyl groups excluding tert-OH is 5. The maximum Gasteiger partial charge on any atom is 0.306 e. The van der Waals surface area contributed by atoms with Crippen LogP contribution in [0.25, 0.3) is 0 Å². The fraction of sp³-hybridized carbons (Fsp3) is 0.864. The number of carbonyl (C=O) groups excluding carboxylic acids is 2. The summed E-state index contributed by atoms with van der Waals surface area (Å²) in [7, 11) is 0. The molecule has 8 unspecified atom stereocenters.